The van der Waals surface area contributed by atoms with Crippen LogP contribution in [0.5, 0.6) is 0 Å². The lowest BCUT2D eigenvalue weighted by Crippen LogP contribution is -2.58. The minimum atomic E-state index is -0.268. The lowest BCUT2D eigenvalue weighted by Gasteiger charge is -2.62. The van der Waals surface area contributed by atoms with Crippen LogP contribution in [0, 0.1) is 29.1 Å². The molecule has 1 heterocycles. The van der Waals surface area contributed by atoms with Gasteiger partial charge in [0, 0.05) is 12.6 Å². The van der Waals surface area contributed by atoms with Gasteiger partial charge in [-0.3, -0.25) is 9.59 Å². The molecule has 7 heteroatoms. The van der Waals surface area contributed by atoms with Gasteiger partial charge in [-0.05, 0) is 70.7 Å². The van der Waals surface area contributed by atoms with Crippen LogP contribution in [0.1, 0.15) is 46.5 Å². The van der Waals surface area contributed by atoms with Crippen LogP contribution in [-0.2, 0) is 11.3 Å². The summed E-state index contributed by atoms with van der Waals surface area (Å²) in [7, 11) is 0. The Labute approximate surface area is 168 Å². The van der Waals surface area contributed by atoms with Crippen LogP contribution in [0.25, 0.3) is 0 Å². The van der Waals surface area contributed by atoms with E-state index in [0.717, 1.165) is 23.9 Å². The van der Waals surface area contributed by atoms with Crippen molar-refractivity contribution in [2.24, 2.45) is 29.1 Å². The number of carbonyl (C=O) groups is 1. The van der Waals surface area contributed by atoms with E-state index in [2.05, 4.69) is 52.4 Å². The molecule has 148 valence electrons. The van der Waals surface area contributed by atoms with E-state index in [0.29, 0.717) is 34.3 Å². The molecule has 4 aliphatic rings. The molecule has 0 unspecified atom stereocenters. The summed E-state index contributed by atoms with van der Waals surface area (Å²) in [5, 5.41) is 10.6. The molecule has 1 aromatic heterocycles. The Kier molecular flexibility index (Phi) is 4.85. The molecule has 0 aliphatic heterocycles. The highest BCUT2D eigenvalue weighted by atomic mass is 79.9. The molecular weight excluding hydrogens is 408 g/mol. The van der Waals surface area contributed by atoms with Gasteiger partial charge in [-0.1, -0.05) is 20.8 Å². The van der Waals surface area contributed by atoms with Gasteiger partial charge in [0.25, 0.3) is 5.56 Å². The number of rotatable bonds is 6. The van der Waals surface area contributed by atoms with Gasteiger partial charge in [0.05, 0.1) is 11.9 Å². The van der Waals surface area contributed by atoms with Crippen molar-refractivity contribution in [3.8, 4) is 0 Å². The Bertz CT molecular complexity index is 802. The average Bonchev–Trinajstić information content (AvgIpc) is 3.45. The average molecular weight is 437 g/mol. The second-order valence-corrected chi connectivity index (χ2v) is 10.1. The number of carbonyl (C=O) groups excluding carboxylic acids is 1. The van der Waals surface area contributed by atoms with Crippen LogP contribution in [0.4, 0.5) is 5.69 Å². The van der Waals surface area contributed by atoms with E-state index < -0.39 is 0 Å². The summed E-state index contributed by atoms with van der Waals surface area (Å²) in [6, 6.07) is 0.358. The van der Waals surface area contributed by atoms with E-state index in [4.69, 9.17) is 0 Å². The smallest absolute Gasteiger partial charge is 0.283 e. The van der Waals surface area contributed by atoms with Gasteiger partial charge >= 0.3 is 0 Å². The maximum Gasteiger partial charge on any atom is 0.283 e. The molecule has 6 nitrogen and oxygen atoms in total. The molecule has 1 amide bonds. The zero-order valence-corrected chi connectivity index (χ0v) is 17.9. The minimum absolute atomic E-state index is 0.0391. The fourth-order valence-electron chi connectivity index (χ4n) is 4.99. The first-order valence-corrected chi connectivity index (χ1v) is 10.9. The first-order chi connectivity index (χ1) is 12.8. The number of amides is 1. The van der Waals surface area contributed by atoms with E-state index in [1.54, 1.807) is 6.20 Å². The number of halogens is 1. The lowest BCUT2D eigenvalue weighted by atomic mass is 9.45. The number of hydrogen-bond acceptors (Lipinski definition) is 4. The fraction of sp³-hybridized carbons (Fsp3) is 0.750. The molecule has 2 bridgehead atoms. The monoisotopic (exact) mass is 436 g/mol. The van der Waals surface area contributed by atoms with Crippen molar-refractivity contribution in [1.29, 1.82) is 0 Å². The van der Waals surface area contributed by atoms with Crippen molar-refractivity contribution >= 4 is 27.5 Å². The highest BCUT2D eigenvalue weighted by molar-refractivity contribution is 9.10. The van der Waals surface area contributed by atoms with E-state index in [-0.39, 0.29) is 18.0 Å². The summed E-state index contributed by atoms with van der Waals surface area (Å²) in [5.41, 5.74) is 0.894. The van der Waals surface area contributed by atoms with E-state index in [9.17, 15) is 9.59 Å². The van der Waals surface area contributed by atoms with Crippen LogP contribution in [-0.4, -0.2) is 28.3 Å². The number of fused-ring (bicyclic) bond motifs is 2. The first-order valence-electron chi connectivity index (χ1n) is 10.1. The van der Waals surface area contributed by atoms with Gasteiger partial charge in [0.2, 0.25) is 5.91 Å². The maximum absolute atomic E-state index is 12.6. The predicted molar refractivity (Wildman–Crippen MR) is 109 cm³/mol. The molecule has 0 saturated heterocycles. The third-order valence-corrected chi connectivity index (χ3v) is 8.02. The Morgan fingerprint density at radius 2 is 2.11 bits per heavy atom. The van der Waals surface area contributed by atoms with Crippen LogP contribution in [0.2, 0.25) is 0 Å². The van der Waals surface area contributed by atoms with Crippen molar-refractivity contribution in [2.45, 2.75) is 59.0 Å². The molecular formula is C20H29BrN4O2. The van der Waals surface area contributed by atoms with Crippen LogP contribution >= 0.6 is 15.9 Å². The second kappa shape index (κ2) is 6.90. The quantitative estimate of drug-likeness (QED) is 0.718. The lowest BCUT2D eigenvalue weighted by molar-refractivity contribution is -0.122. The largest absolute Gasteiger partial charge is 0.380 e. The Hall–Kier alpha value is -1.37. The topological polar surface area (TPSA) is 76.0 Å². The van der Waals surface area contributed by atoms with Gasteiger partial charge in [-0.2, -0.15) is 5.10 Å². The molecule has 4 aliphatic carbocycles. The summed E-state index contributed by atoms with van der Waals surface area (Å²) in [4.78, 5) is 24.6. The number of nitrogens with zero attached hydrogens (tertiary/aromatic N) is 2. The third-order valence-electron chi connectivity index (χ3n) is 7.26. The summed E-state index contributed by atoms with van der Waals surface area (Å²) in [5.74, 6) is 2.50. The van der Waals surface area contributed by atoms with Crippen molar-refractivity contribution < 1.29 is 4.79 Å². The molecule has 4 fully saturated rings. The van der Waals surface area contributed by atoms with Crippen molar-refractivity contribution in [1.82, 2.24) is 15.1 Å². The zero-order valence-electron chi connectivity index (χ0n) is 16.3. The SMILES string of the molecule is C[C@H]1[C@H](Nc2cnn(CC(=O)NCC3CC3)c(=O)c2Br)C[C@H]2C[C@@H]1C2(C)C. The second-order valence-electron chi connectivity index (χ2n) is 9.29. The van der Waals surface area contributed by atoms with E-state index in [1.165, 1.54) is 23.9 Å². The molecule has 0 spiro atoms. The number of nitrogens with one attached hydrogen (secondary N) is 2. The molecule has 0 radical (unpaired) electrons. The van der Waals surface area contributed by atoms with Gasteiger partial charge in [0.1, 0.15) is 11.0 Å². The molecule has 4 atom stereocenters. The number of aromatic nitrogens is 2. The highest BCUT2D eigenvalue weighted by Crippen LogP contribution is 2.61. The summed E-state index contributed by atoms with van der Waals surface area (Å²) in [6.45, 7) is 7.73. The van der Waals surface area contributed by atoms with Crippen molar-refractivity contribution in [2.75, 3.05) is 11.9 Å². The van der Waals surface area contributed by atoms with Gasteiger partial charge < -0.3 is 10.6 Å². The van der Waals surface area contributed by atoms with E-state index in [1.807, 2.05) is 0 Å². The highest BCUT2D eigenvalue weighted by Gasteiger charge is 2.56. The Balaban J connectivity index is 1.41. The summed E-state index contributed by atoms with van der Waals surface area (Å²) < 4.78 is 1.68. The van der Waals surface area contributed by atoms with Crippen molar-refractivity contribution in [3.05, 3.63) is 21.0 Å². The minimum Gasteiger partial charge on any atom is -0.380 e. The number of hydrogen-bond donors (Lipinski definition) is 2. The third kappa shape index (κ3) is 3.55. The van der Waals surface area contributed by atoms with Crippen LogP contribution in [0.15, 0.2) is 15.5 Å². The molecule has 4 saturated carbocycles. The molecule has 27 heavy (non-hydrogen) atoms. The Morgan fingerprint density at radius 1 is 1.37 bits per heavy atom. The molecule has 2 N–H and O–H groups in total. The first kappa shape index (κ1) is 19.0. The standard InChI is InChI=1S/C20H29BrN4O2/c1-11-14-6-13(20(14,2)3)7-15(11)24-16-9-23-25(19(27)18(16)21)10-17(26)22-8-12-4-5-12/h9,11-15,24H,4-8,10H2,1-3H3,(H,22,26)/t11-,13-,14+,15-/m1/s1. The Morgan fingerprint density at radius 3 is 2.74 bits per heavy atom. The van der Waals surface area contributed by atoms with Crippen LogP contribution < -0.4 is 16.2 Å². The van der Waals surface area contributed by atoms with Gasteiger partial charge in [-0.25, -0.2) is 4.68 Å². The summed E-state index contributed by atoms with van der Waals surface area (Å²) >= 11 is 3.42. The van der Waals surface area contributed by atoms with E-state index >= 15 is 0 Å². The normalized spacial score (nSPS) is 31.1. The van der Waals surface area contributed by atoms with Crippen molar-refractivity contribution in [3.63, 3.8) is 0 Å². The molecule has 5 rings (SSSR count). The number of anilines is 1. The van der Waals surface area contributed by atoms with Crippen LogP contribution in [0.3, 0.4) is 0 Å². The fourth-order valence-corrected chi connectivity index (χ4v) is 5.41. The molecule has 1 aromatic rings. The van der Waals surface area contributed by atoms with Gasteiger partial charge in [-0.15, -0.1) is 0 Å². The van der Waals surface area contributed by atoms with Gasteiger partial charge in [0.15, 0.2) is 0 Å². The summed E-state index contributed by atoms with van der Waals surface area (Å²) in [6.07, 6.45) is 6.48. The zero-order chi connectivity index (χ0) is 19.3. The maximum atomic E-state index is 12.6. The molecule has 0 aromatic carbocycles. The predicted octanol–water partition coefficient (Wildman–Crippen LogP) is 3.01.